The molecule has 1 aromatic heterocycles. The van der Waals surface area contributed by atoms with Gasteiger partial charge in [0.25, 0.3) is 0 Å². The van der Waals surface area contributed by atoms with Crippen molar-refractivity contribution in [3.05, 3.63) is 17.6 Å². The molecule has 1 atom stereocenters. The maximum absolute atomic E-state index is 12.8. The monoisotopic (exact) mass is 300 g/mol. The minimum atomic E-state index is -3.45. The lowest BCUT2D eigenvalue weighted by molar-refractivity contribution is 0.315. The standard InChI is InChI=1S/C14H24N2O3S/c1-10(2)13-6-5-7-16(13)20(17,18)14-8-12(9-15-4)19-11(14)3/h8,10,13,15H,5-7,9H2,1-4H3. The predicted molar refractivity (Wildman–Crippen MR) is 78.0 cm³/mol. The van der Waals surface area contributed by atoms with Crippen molar-refractivity contribution in [3.63, 3.8) is 0 Å². The fourth-order valence-corrected chi connectivity index (χ4v) is 4.91. The lowest BCUT2D eigenvalue weighted by Gasteiger charge is -2.26. The molecule has 0 aliphatic carbocycles. The maximum Gasteiger partial charge on any atom is 0.246 e. The van der Waals surface area contributed by atoms with E-state index in [9.17, 15) is 8.42 Å². The van der Waals surface area contributed by atoms with Crippen LogP contribution >= 0.6 is 0 Å². The number of hydrogen-bond acceptors (Lipinski definition) is 4. The molecule has 1 aliphatic heterocycles. The van der Waals surface area contributed by atoms with Crippen LogP contribution in [-0.4, -0.2) is 32.4 Å². The van der Waals surface area contributed by atoms with Gasteiger partial charge in [-0.3, -0.25) is 0 Å². The molecule has 1 aliphatic rings. The first-order valence-electron chi connectivity index (χ1n) is 7.13. The molecule has 0 spiro atoms. The van der Waals surface area contributed by atoms with Gasteiger partial charge in [0, 0.05) is 18.7 Å². The van der Waals surface area contributed by atoms with Crippen molar-refractivity contribution in [2.75, 3.05) is 13.6 Å². The Kier molecular flexibility index (Phi) is 4.56. The van der Waals surface area contributed by atoms with Gasteiger partial charge >= 0.3 is 0 Å². The minimum absolute atomic E-state index is 0.0991. The van der Waals surface area contributed by atoms with Gasteiger partial charge < -0.3 is 9.73 Å². The van der Waals surface area contributed by atoms with Gasteiger partial charge in [-0.25, -0.2) is 8.42 Å². The Morgan fingerprint density at radius 1 is 1.50 bits per heavy atom. The van der Waals surface area contributed by atoms with Crippen molar-refractivity contribution < 1.29 is 12.8 Å². The van der Waals surface area contributed by atoms with Crippen LogP contribution in [0.2, 0.25) is 0 Å². The van der Waals surface area contributed by atoms with Crippen molar-refractivity contribution in [2.24, 2.45) is 5.92 Å². The van der Waals surface area contributed by atoms with E-state index in [0.29, 0.717) is 35.4 Å². The highest BCUT2D eigenvalue weighted by Crippen LogP contribution is 2.32. The van der Waals surface area contributed by atoms with Crippen LogP contribution in [0.5, 0.6) is 0 Å². The summed E-state index contributed by atoms with van der Waals surface area (Å²) >= 11 is 0. The molecule has 0 amide bonds. The van der Waals surface area contributed by atoms with Gasteiger partial charge in [-0.05, 0) is 32.7 Å². The quantitative estimate of drug-likeness (QED) is 0.904. The van der Waals surface area contributed by atoms with E-state index in [1.54, 1.807) is 24.3 Å². The van der Waals surface area contributed by atoms with Crippen LogP contribution in [0.4, 0.5) is 0 Å². The van der Waals surface area contributed by atoms with E-state index >= 15 is 0 Å². The first kappa shape index (κ1) is 15.5. The Morgan fingerprint density at radius 3 is 2.80 bits per heavy atom. The smallest absolute Gasteiger partial charge is 0.246 e. The normalized spacial score (nSPS) is 20.9. The van der Waals surface area contributed by atoms with Crippen LogP contribution in [0.3, 0.4) is 0 Å². The van der Waals surface area contributed by atoms with Crippen LogP contribution in [-0.2, 0) is 16.6 Å². The van der Waals surface area contributed by atoms with Crippen molar-refractivity contribution in [1.82, 2.24) is 9.62 Å². The molecule has 1 unspecified atom stereocenters. The number of hydrogen-bond donors (Lipinski definition) is 1. The lowest BCUT2D eigenvalue weighted by atomic mass is 10.0. The largest absolute Gasteiger partial charge is 0.464 e. The molecular formula is C14H24N2O3S. The number of nitrogens with one attached hydrogen (secondary N) is 1. The van der Waals surface area contributed by atoms with Crippen molar-refractivity contribution >= 4 is 10.0 Å². The molecule has 1 aromatic rings. The second-order valence-corrected chi connectivity index (χ2v) is 7.59. The van der Waals surface area contributed by atoms with Crippen LogP contribution in [0.1, 0.15) is 38.2 Å². The Labute approximate surface area is 121 Å². The first-order valence-corrected chi connectivity index (χ1v) is 8.57. The van der Waals surface area contributed by atoms with E-state index in [1.165, 1.54) is 0 Å². The molecule has 6 heteroatoms. The molecule has 0 aromatic carbocycles. The zero-order valence-corrected chi connectivity index (χ0v) is 13.5. The summed E-state index contributed by atoms with van der Waals surface area (Å²) in [5, 5.41) is 2.97. The molecule has 114 valence electrons. The Bertz CT molecular complexity index is 563. The molecule has 0 saturated carbocycles. The third-order valence-corrected chi connectivity index (χ3v) is 5.91. The number of nitrogens with zero attached hydrogens (tertiary/aromatic N) is 1. The average Bonchev–Trinajstić information content (AvgIpc) is 2.96. The highest BCUT2D eigenvalue weighted by atomic mass is 32.2. The van der Waals surface area contributed by atoms with E-state index in [-0.39, 0.29) is 6.04 Å². The van der Waals surface area contributed by atoms with Gasteiger partial charge in [0.2, 0.25) is 10.0 Å². The fraction of sp³-hybridized carbons (Fsp3) is 0.714. The molecule has 1 fully saturated rings. The molecule has 1 saturated heterocycles. The van der Waals surface area contributed by atoms with Gasteiger partial charge in [-0.2, -0.15) is 4.31 Å². The Morgan fingerprint density at radius 2 is 2.20 bits per heavy atom. The number of furan rings is 1. The molecule has 1 N–H and O–H groups in total. The summed E-state index contributed by atoms with van der Waals surface area (Å²) in [6.45, 7) is 7.01. The van der Waals surface area contributed by atoms with E-state index in [4.69, 9.17) is 4.42 Å². The summed E-state index contributed by atoms with van der Waals surface area (Å²) in [6, 6.07) is 1.75. The summed E-state index contributed by atoms with van der Waals surface area (Å²) in [5.74, 6) is 1.46. The summed E-state index contributed by atoms with van der Waals surface area (Å²) in [4.78, 5) is 0.315. The summed E-state index contributed by atoms with van der Waals surface area (Å²) in [5.41, 5.74) is 0. The van der Waals surface area contributed by atoms with Gasteiger partial charge in [0.1, 0.15) is 16.4 Å². The van der Waals surface area contributed by atoms with E-state index < -0.39 is 10.0 Å². The molecule has 2 rings (SSSR count). The molecular weight excluding hydrogens is 276 g/mol. The Balaban J connectivity index is 2.35. The maximum atomic E-state index is 12.8. The number of aryl methyl sites for hydroxylation is 1. The average molecular weight is 300 g/mol. The zero-order valence-electron chi connectivity index (χ0n) is 12.6. The minimum Gasteiger partial charge on any atom is -0.464 e. The molecule has 5 nitrogen and oxygen atoms in total. The lowest BCUT2D eigenvalue weighted by Crippen LogP contribution is -2.38. The summed E-state index contributed by atoms with van der Waals surface area (Å²) < 4.78 is 32.8. The fourth-order valence-electron chi connectivity index (χ4n) is 2.90. The van der Waals surface area contributed by atoms with Gasteiger partial charge in [-0.15, -0.1) is 0 Å². The van der Waals surface area contributed by atoms with Crippen molar-refractivity contribution in [1.29, 1.82) is 0 Å². The Hall–Kier alpha value is -0.850. The van der Waals surface area contributed by atoms with Crippen LogP contribution in [0.25, 0.3) is 0 Å². The van der Waals surface area contributed by atoms with Crippen molar-refractivity contribution in [2.45, 2.75) is 51.1 Å². The zero-order chi connectivity index (χ0) is 14.9. The van der Waals surface area contributed by atoms with Gasteiger partial charge in [0.15, 0.2) is 0 Å². The molecule has 0 bridgehead atoms. The van der Waals surface area contributed by atoms with Crippen LogP contribution < -0.4 is 5.32 Å². The summed E-state index contributed by atoms with van der Waals surface area (Å²) in [6.07, 6.45) is 1.87. The van der Waals surface area contributed by atoms with Crippen LogP contribution in [0.15, 0.2) is 15.4 Å². The topological polar surface area (TPSA) is 62.6 Å². The predicted octanol–water partition coefficient (Wildman–Crippen LogP) is 2.12. The second-order valence-electron chi connectivity index (χ2n) is 5.73. The van der Waals surface area contributed by atoms with E-state index in [1.807, 2.05) is 0 Å². The van der Waals surface area contributed by atoms with E-state index in [0.717, 1.165) is 12.8 Å². The highest BCUT2D eigenvalue weighted by Gasteiger charge is 2.38. The van der Waals surface area contributed by atoms with E-state index in [2.05, 4.69) is 19.2 Å². The third kappa shape index (κ3) is 2.77. The van der Waals surface area contributed by atoms with Gasteiger partial charge in [-0.1, -0.05) is 13.8 Å². The third-order valence-electron chi connectivity index (χ3n) is 3.88. The van der Waals surface area contributed by atoms with Crippen molar-refractivity contribution in [3.8, 4) is 0 Å². The SMILES string of the molecule is CNCc1cc(S(=O)(=O)N2CCCC2C(C)C)c(C)o1. The number of rotatable bonds is 5. The summed E-state index contributed by atoms with van der Waals surface area (Å²) in [7, 11) is -1.64. The molecule has 0 radical (unpaired) electrons. The molecule has 2 heterocycles. The second kappa shape index (κ2) is 5.87. The highest BCUT2D eigenvalue weighted by molar-refractivity contribution is 7.89. The van der Waals surface area contributed by atoms with Crippen LogP contribution in [0, 0.1) is 12.8 Å². The molecule has 20 heavy (non-hydrogen) atoms. The van der Waals surface area contributed by atoms with Gasteiger partial charge in [0.05, 0.1) is 6.54 Å². The number of sulfonamides is 1. The first-order chi connectivity index (χ1) is 9.37.